The monoisotopic (exact) mass is 208 g/mol. The first-order valence-electron chi connectivity index (χ1n) is 5.52. The quantitative estimate of drug-likeness (QED) is 0.822. The molecule has 1 aromatic rings. The van der Waals surface area contributed by atoms with E-state index in [0.29, 0.717) is 0 Å². The summed E-state index contributed by atoms with van der Waals surface area (Å²) in [6.45, 7) is 3.19. The van der Waals surface area contributed by atoms with Crippen molar-refractivity contribution < 1.29 is 0 Å². The van der Waals surface area contributed by atoms with Gasteiger partial charge in [-0.15, -0.1) is 11.3 Å². The lowest BCUT2D eigenvalue weighted by atomic mass is 10.4. The summed E-state index contributed by atoms with van der Waals surface area (Å²) in [5.41, 5.74) is 1.25. The second-order valence-corrected chi connectivity index (χ2v) is 5.61. The molecular formula is C11H16N2S. The zero-order chi connectivity index (χ0) is 9.54. The minimum Gasteiger partial charge on any atom is -0.309 e. The Bertz CT molecular complexity index is 337. The highest BCUT2D eigenvalue weighted by atomic mass is 32.1. The van der Waals surface area contributed by atoms with Gasteiger partial charge in [0.25, 0.3) is 0 Å². The summed E-state index contributed by atoms with van der Waals surface area (Å²) in [6, 6.07) is 0.806. The third kappa shape index (κ3) is 1.84. The van der Waals surface area contributed by atoms with Crippen LogP contribution in [-0.2, 0) is 6.54 Å². The van der Waals surface area contributed by atoms with E-state index in [1.165, 1.54) is 41.3 Å². The lowest BCUT2D eigenvalue weighted by Crippen LogP contribution is -2.14. The molecule has 2 fully saturated rings. The van der Waals surface area contributed by atoms with Crippen LogP contribution >= 0.6 is 11.3 Å². The first-order valence-corrected chi connectivity index (χ1v) is 6.34. The van der Waals surface area contributed by atoms with E-state index in [0.717, 1.165) is 18.5 Å². The molecule has 76 valence electrons. The summed E-state index contributed by atoms with van der Waals surface area (Å²) < 4.78 is 0. The average molecular weight is 208 g/mol. The number of rotatable bonds is 4. The summed E-state index contributed by atoms with van der Waals surface area (Å²) in [5, 5.41) is 4.94. The molecule has 1 aromatic heterocycles. The van der Waals surface area contributed by atoms with Gasteiger partial charge in [0.2, 0.25) is 0 Å². The molecule has 3 heteroatoms. The van der Waals surface area contributed by atoms with E-state index in [2.05, 4.69) is 17.2 Å². The third-order valence-electron chi connectivity index (χ3n) is 2.96. The molecule has 0 bridgehead atoms. The first kappa shape index (κ1) is 8.86. The second-order valence-electron chi connectivity index (χ2n) is 4.49. The number of nitrogens with one attached hydrogen (secondary N) is 1. The second kappa shape index (κ2) is 3.31. The van der Waals surface area contributed by atoms with E-state index >= 15 is 0 Å². The summed E-state index contributed by atoms with van der Waals surface area (Å²) in [4.78, 5) is 6.11. The van der Waals surface area contributed by atoms with Gasteiger partial charge in [-0.05, 0) is 32.6 Å². The molecule has 0 radical (unpaired) electrons. The molecule has 1 heterocycles. The molecule has 2 aliphatic rings. The first-order chi connectivity index (χ1) is 6.83. The fourth-order valence-electron chi connectivity index (χ4n) is 1.64. The minimum atomic E-state index is 0.806. The Morgan fingerprint density at radius 1 is 1.36 bits per heavy atom. The van der Waals surface area contributed by atoms with Crippen LogP contribution in [-0.4, -0.2) is 11.0 Å². The van der Waals surface area contributed by atoms with Crippen molar-refractivity contribution in [2.75, 3.05) is 0 Å². The predicted molar refractivity (Wildman–Crippen MR) is 58.7 cm³/mol. The van der Waals surface area contributed by atoms with Crippen molar-refractivity contribution >= 4 is 11.3 Å². The smallest absolute Gasteiger partial charge is 0.0962 e. The highest BCUT2D eigenvalue weighted by molar-refractivity contribution is 7.11. The number of thiazole rings is 1. The predicted octanol–water partition coefficient (Wildman–Crippen LogP) is 2.58. The van der Waals surface area contributed by atoms with E-state index in [1.54, 1.807) is 0 Å². The molecule has 14 heavy (non-hydrogen) atoms. The van der Waals surface area contributed by atoms with Gasteiger partial charge in [0.1, 0.15) is 0 Å². The zero-order valence-electron chi connectivity index (χ0n) is 8.55. The topological polar surface area (TPSA) is 24.9 Å². The van der Waals surface area contributed by atoms with Gasteiger partial charge in [-0.3, -0.25) is 0 Å². The molecular weight excluding hydrogens is 192 g/mol. The van der Waals surface area contributed by atoms with Gasteiger partial charge in [-0.1, -0.05) is 0 Å². The van der Waals surface area contributed by atoms with Gasteiger partial charge in [0.05, 0.1) is 10.7 Å². The van der Waals surface area contributed by atoms with Crippen LogP contribution in [0.1, 0.15) is 47.2 Å². The van der Waals surface area contributed by atoms with E-state index < -0.39 is 0 Å². The molecule has 0 saturated heterocycles. The van der Waals surface area contributed by atoms with Crippen LogP contribution in [0.3, 0.4) is 0 Å². The normalized spacial score (nSPS) is 21.5. The van der Waals surface area contributed by atoms with Crippen molar-refractivity contribution in [1.82, 2.24) is 10.3 Å². The highest BCUT2D eigenvalue weighted by Gasteiger charge is 2.28. The lowest BCUT2D eigenvalue weighted by molar-refractivity contribution is 0.691. The number of aromatic nitrogens is 1. The number of aryl methyl sites for hydroxylation is 1. The van der Waals surface area contributed by atoms with Crippen LogP contribution in [0.15, 0.2) is 0 Å². The SMILES string of the molecule is Cc1nc(C2CC2)sc1CNC1CC1. The summed E-state index contributed by atoms with van der Waals surface area (Å²) in [6.07, 6.45) is 5.46. The number of hydrogen-bond acceptors (Lipinski definition) is 3. The Balaban J connectivity index is 1.68. The molecule has 0 unspecified atom stereocenters. The van der Waals surface area contributed by atoms with Crippen LogP contribution in [0, 0.1) is 6.92 Å². The van der Waals surface area contributed by atoms with E-state index in [-0.39, 0.29) is 0 Å². The maximum absolute atomic E-state index is 4.65. The molecule has 2 aliphatic carbocycles. The summed E-state index contributed by atoms with van der Waals surface area (Å²) in [5.74, 6) is 0.813. The van der Waals surface area contributed by atoms with Gasteiger partial charge >= 0.3 is 0 Å². The molecule has 2 nitrogen and oxygen atoms in total. The third-order valence-corrected chi connectivity index (χ3v) is 4.28. The van der Waals surface area contributed by atoms with Gasteiger partial charge in [0, 0.05) is 23.4 Å². The molecule has 0 spiro atoms. The van der Waals surface area contributed by atoms with E-state index in [4.69, 9.17) is 0 Å². The molecule has 0 atom stereocenters. The minimum absolute atomic E-state index is 0.806. The Labute approximate surface area is 88.7 Å². The Morgan fingerprint density at radius 3 is 2.79 bits per heavy atom. The zero-order valence-corrected chi connectivity index (χ0v) is 9.36. The molecule has 1 N–H and O–H groups in total. The average Bonchev–Trinajstić information content (AvgIpc) is 3.03. The van der Waals surface area contributed by atoms with Crippen LogP contribution in [0.25, 0.3) is 0 Å². The maximum Gasteiger partial charge on any atom is 0.0962 e. The fourth-order valence-corrected chi connectivity index (χ4v) is 2.83. The number of hydrogen-bond donors (Lipinski definition) is 1. The molecule has 2 saturated carbocycles. The molecule has 3 rings (SSSR count). The Hall–Kier alpha value is -0.410. The van der Waals surface area contributed by atoms with Crippen LogP contribution in [0.5, 0.6) is 0 Å². The largest absolute Gasteiger partial charge is 0.309 e. The van der Waals surface area contributed by atoms with Crippen LogP contribution in [0.4, 0.5) is 0 Å². The Morgan fingerprint density at radius 2 is 2.14 bits per heavy atom. The highest BCUT2D eigenvalue weighted by Crippen LogP contribution is 2.42. The van der Waals surface area contributed by atoms with E-state index in [9.17, 15) is 0 Å². The van der Waals surface area contributed by atoms with Gasteiger partial charge in [-0.25, -0.2) is 4.98 Å². The van der Waals surface area contributed by atoms with Crippen LogP contribution < -0.4 is 5.32 Å². The van der Waals surface area contributed by atoms with Gasteiger partial charge in [0.15, 0.2) is 0 Å². The number of nitrogens with zero attached hydrogens (tertiary/aromatic N) is 1. The molecule has 0 amide bonds. The lowest BCUT2D eigenvalue weighted by Gasteiger charge is -1.99. The van der Waals surface area contributed by atoms with Crippen molar-refractivity contribution in [1.29, 1.82) is 0 Å². The van der Waals surface area contributed by atoms with Gasteiger partial charge in [-0.2, -0.15) is 0 Å². The van der Waals surface area contributed by atoms with Gasteiger partial charge < -0.3 is 5.32 Å². The fraction of sp³-hybridized carbons (Fsp3) is 0.727. The van der Waals surface area contributed by atoms with Crippen molar-refractivity contribution in [3.63, 3.8) is 0 Å². The van der Waals surface area contributed by atoms with Crippen molar-refractivity contribution in [2.45, 2.75) is 51.1 Å². The van der Waals surface area contributed by atoms with Crippen molar-refractivity contribution in [2.24, 2.45) is 0 Å². The van der Waals surface area contributed by atoms with Crippen LogP contribution in [0.2, 0.25) is 0 Å². The van der Waals surface area contributed by atoms with E-state index in [1.807, 2.05) is 11.3 Å². The summed E-state index contributed by atoms with van der Waals surface area (Å²) >= 11 is 1.93. The maximum atomic E-state index is 4.65. The Kier molecular flexibility index (Phi) is 2.10. The molecule has 0 aromatic carbocycles. The summed E-state index contributed by atoms with van der Waals surface area (Å²) in [7, 11) is 0. The van der Waals surface area contributed by atoms with Crippen molar-refractivity contribution in [3.8, 4) is 0 Å². The van der Waals surface area contributed by atoms with Crippen molar-refractivity contribution in [3.05, 3.63) is 15.6 Å². The standard InChI is InChI=1S/C11H16N2S/c1-7-10(6-12-9-4-5-9)14-11(13-7)8-2-3-8/h8-9,12H,2-6H2,1H3. The molecule has 0 aliphatic heterocycles.